The third kappa shape index (κ3) is 6.47. The lowest BCUT2D eigenvalue weighted by Crippen LogP contribution is -2.13. The number of carbonyl (C=O) groups is 1. The summed E-state index contributed by atoms with van der Waals surface area (Å²) in [6.45, 7) is 2.47. The van der Waals surface area contributed by atoms with Crippen molar-refractivity contribution in [3.8, 4) is 17.6 Å². The van der Waals surface area contributed by atoms with E-state index in [9.17, 15) is 10.1 Å². The van der Waals surface area contributed by atoms with Crippen LogP contribution in [0, 0.1) is 11.3 Å². The largest absolute Gasteiger partial charge is 0.496 e. The number of nitrogens with zero attached hydrogens (tertiary/aromatic N) is 1. The lowest BCUT2D eigenvalue weighted by Gasteiger charge is -2.13. The number of benzene rings is 3. The van der Waals surface area contributed by atoms with E-state index < -0.39 is 5.91 Å². The van der Waals surface area contributed by atoms with Crippen molar-refractivity contribution in [3.63, 3.8) is 0 Å². The number of nitriles is 1. The molecule has 0 bridgehead atoms. The Morgan fingerprint density at radius 1 is 1.09 bits per heavy atom. The highest BCUT2D eigenvalue weighted by Crippen LogP contribution is 2.33. The first-order valence-corrected chi connectivity index (χ1v) is 11.8. The molecule has 0 aliphatic rings. The van der Waals surface area contributed by atoms with Gasteiger partial charge in [-0.3, -0.25) is 4.79 Å². The summed E-state index contributed by atoms with van der Waals surface area (Å²) in [5.41, 5.74) is 3.32. The molecular weight excluding hydrogens is 548 g/mol. The summed E-state index contributed by atoms with van der Waals surface area (Å²) < 4.78 is 12.9. The zero-order valence-corrected chi connectivity index (χ0v) is 21.4. The quantitative estimate of drug-likeness (QED) is 0.240. The van der Waals surface area contributed by atoms with Gasteiger partial charge in [0.05, 0.1) is 13.7 Å². The molecule has 0 saturated carbocycles. The van der Waals surface area contributed by atoms with Gasteiger partial charge in [0.1, 0.15) is 23.1 Å². The third-order valence-corrected chi connectivity index (χ3v) is 6.30. The lowest BCUT2D eigenvalue weighted by molar-refractivity contribution is -0.112. The van der Waals surface area contributed by atoms with E-state index in [1.54, 1.807) is 37.5 Å². The number of ether oxygens (including phenoxy) is 2. The summed E-state index contributed by atoms with van der Waals surface area (Å²) >= 11 is 7.21. The van der Waals surface area contributed by atoms with Crippen LogP contribution in [0.1, 0.15) is 23.6 Å². The number of amides is 1. The molecule has 0 aliphatic heterocycles. The molecule has 1 amide bonds. The minimum absolute atomic E-state index is 0.0172. The van der Waals surface area contributed by atoms with Crippen molar-refractivity contribution in [2.45, 2.75) is 13.3 Å². The van der Waals surface area contributed by atoms with Crippen LogP contribution in [0.5, 0.6) is 11.5 Å². The second-order valence-corrected chi connectivity index (χ2v) is 8.74. The first-order valence-electron chi connectivity index (χ1n) is 10.2. The van der Waals surface area contributed by atoms with Crippen LogP contribution in [-0.4, -0.2) is 19.6 Å². The number of carbonyl (C=O) groups excluding carboxylic acids is 1. The van der Waals surface area contributed by atoms with Crippen LogP contribution in [0.3, 0.4) is 0 Å². The van der Waals surface area contributed by atoms with Crippen LogP contribution in [0.15, 0.2) is 75.2 Å². The van der Waals surface area contributed by atoms with Gasteiger partial charge in [-0.05, 0) is 66.6 Å². The Balaban J connectivity index is 1.84. The van der Waals surface area contributed by atoms with Crippen molar-refractivity contribution in [1.29, 1.82) is 5.26 Å². The highest BCUT2D eigenvalue weighted by molar-refractivity contribution is 9.10. The number of hydrogen-bond donors (Lipinski definition) is 1. The number of nitrogens with one attached hydrogen (secondary N) is 1. The molecule has 5 nitrogen and oxygen atoms in total. The Bertz CT molecular complexity index is 1220. The summed E-state index contributed by atoms with van der Waals surface area (Å²) in [6, 6.07) is 20.7. The van der Waals surface area contributed by atoms with E-state index in [0.29, 0.717) is 35.8 Å². The molecule has 168 valence electrons. The molecule has 3 rings (SSSR count). The van der Waals surface area contributed by atoms with Crippen molar-refractivity contribution in [3.05, 3.63) is 91.9 Å². The molecule has 3 aromatic rings. The highest BCUT2D eigenvalue weighted by Gasteiger charge is 2.14. The van der Waals surface area contributed by atoms with E-state index >= 15 is 0 Å². The molecule has 0 heterocycles. The molecule has 3 aromatic carbocycles. The standard InChI is InChI=1S/C26H22Br2N2O3/c1-3-33-21-10-8-20(9-11-21)30-26(31)19(16-29)12-17-13-24(28)22(25(14-17)32-2)15-18-6-4-5-7-23(18)27/h4-14H,3,15H2,1-2H3,(H,30,31)/b19-12+. The zero-order valence-electron chi connectivity index (χ0n) is 18.2. The summed E-state index contributed by atoms with van der Waals surface area (Å²) in [7, 11) is 1.60. The predicted molar refractivity (Wildman–Crippen MR) is 137 cm³/mol. The van der Waals surface area contributed by atoms with E-state index in [1.165, 1.54) is 0 Å². The third-order valence-electron chi connectivity index (χ3n) is 4.82. The molecule has 1 N–H and O–H groups in total. The maximum Gasteiger partial charge on any atom is 0.266 e. The SMILES string of the molecule is CCOc1ccc(NC(=O)/C(C#N)=C/c2cc(Br)c(Cc3ccccc3Br)c(OC)c2)cc1. The zero-order chi connectivity index (χ0) is 23.8. The van der Waals surface area contributed by atoms with Gasteiger partial charge < -0.3 is 14.8 Å². The second kappa shape index (κ2) is 11.7. The van der Waals surface area contributed by atoms with Gasteiger partial charge >= 0.3 is 0 Å². The van der Waals surface area contributed by atoms with Gasteiger partial charge in [0.15, 0.2) is 0 Å². The summed E-state index contributed by atoms with van der Waals surface area (Å²) in [6.07, 6.45) is 2.19. The fraction of sp³-hybridized carbons (Fsp3) is 0.154. The maximum absolute atomic E-state index is 12.7. The van der Waals surface area contributed by atoms with E-state index in [0.717, 1.165) is 20.1 Å². The molecule has 0 fully saturated rings. The van der Waals surface area contributed by atoms with Gasteiger partial charge in [0.2, 0.25) is 0 Å². The van der Waals surface area contributed by atoms with Crippen molar-refractivity contribution < 1.29 is 14.3 Å². The molecule has 0 atom stereocenters. The van der Waals surface area contributed by atoms with Crippen LogP contribution < -0.4 is 14.8 Å². The van der Waals surface area contributed by atoms with Crippen molar-refractivity contribution in [1.82, 2.24) is 0 Å². The second-order valence-electron chi connectivity index (χ2n) is 7.03. The predicted octanol–water partition coefficient (Wildman–Crippen LogP) is 6.76. The van der Waals surface area contributed by atoms with Crippen LogP contribution >= 0.6 is 31.9 Å². The number of halogens is 2. The van der Waals surface area contributed by atoms with E-state index in [-0.39, 0.29) is 5.57 Å². The Kier molecular flexibility index (Phi) is 8.70. The van der Waals surface area contributed by atoms with Gasteiger partial charge in [-0.1, -0.05) is 50.1 Å². The smallest absolute Gasteiger partial charge is 0.266 e. The van der Waals surface area contributed by atoms with Crippen LogP contribution in [0.25, 0.3) is 6.08 Å². The van der Waals surface area contributed by atoms with E-state index in [1.807, 2.05) is 49.4 Å². The average molecular weight is 570 g/mol. The van der Waals surface area contributed by atoms with Gasteiger partial charge in [-0.25, -0.2) is 0 Å². The number of anilines is 1. The monoisotopic (exact) mass is 568 g/mol. The van der Waals surface area contributed by atoms with E-state index in [4.69, 9.17) is 9.47 Å². The number of methoxy groups -OCH3 is 1. The Labute approximate surface area is 210 Å². The molecule has 0 aliphatic carbocycles. The summed E-state index contributed by atoms with van der Waals surface area (Å²) in [5.74, 6) is 0.885. The van der Waals surface area contributed by atoms with Gasteiger partial charge in [0, 0.05) is 26.6 Å². The van der Waals surface area contributed by atoms with Gasteiger partial charge in [-0.2, -0.15) is 5.26 Å². The molecule has 0 spiro atoms. The first-order chi connectivity index (χ1) is 15.9. The summed E-state index contributed by atoms with van der Waals surface area (Å²) in [5, 5.41) is 12.3. The van der Waals surface area contributed by atoms with Crippen molar-refractivity contribution in [2.24, 2.45) is 0 Å². The van der Waals surface area contributed by atoms with Crippen LogP contribution in [0.2, 0.25) is 0 Å². The molecule has 0 unspecified atom stereocenters. The Hall–Kier alpha value is -3.08. The molecular formula is C26H22Br2N2O3. The molecule has 0 saturated heterocycles. The van der Waals surface area contributed by atoms with Crippen LogP contribution in [-0.2, 0) is 11.2 Å². The average Bonchev–Trinajstić information content (AvgIpc) is 2.81. The van der Waals surface area contributed by atoms with Crippen molar-refractivity contribution >= 4 is 49.5 Å². The van der Waals surface area contributed by atoms with Gasteiger partial charge in [-0.15, -0.1) is 0 Å². The molecule has 0 aromatic heterocycles. The maximum atomic E-state index is 12.7. The number of hydrogen-bond acceptors (Lipinski definition) is 4. The summed E-state index contributed by atoms with van der Waals surface area (Å²) in [4.78, 5) is 12.7. The Morgan fingerprint density at radius 2 is 1.82 bits per heavy atom. The normalized spacial score (nSPS) is 10.9. The molecule has 7 heteroatoms. The molecule has 33 heavy (non-hydrogen) atoms. The van der Waals surface area contributed by atoms with Gasteiger partial charge in [0.25, 0.3) is 5.91 Å². The fourth-order valence-electron chi connectivity index (χ4n) is 3.22. The molecule has 0 radical (unpaired) electrons. The Morgan fingerprint density at radius 3 is 2.45 bits per heavy atom. The minimum Gasteiger partial charge on any atom is -0.496 e. The number of rotatable bonds is 8. The van der Waals surface area contributed by atoms with E-state index in [2.05, 4.69) is 37.2 Å². The minimum atomic E-state index is -0.492. The first kappa shape index (κ1) is 24.6. The topological polar surface area (TPSA) is 71.3 Å². The van der Waals surface area contributed by atoms with Crippen LogP contribution in [0.4, 0.5) is 5.69 Å². The fourth-order valence-corrected chi connectivity index (χ4v) is 4.24. The highest BCUT2D eigenvalue weighted by atomic mass is 79.9. The van der Waals surface area contributed by atoms with Crippen molar-refractivity contribution in [2.75, 3.05) is 19.0 Å². The lowest BCUT2D eigenvalue weighted by atomic mass is 10.0.